The van der Waals surface area contributed by atoms with Crippen LogP contribution < -0.4 is 0 Å². The van der Waals surface area contributed by atoms with Crippen LogP contribution in [0.4, 0.5) is 0 Å². The molecule has 3 nitrogen and oxygen atoms in total. The third kappa shape index (κ3) is 4710. The molecule has 0 saturated carbocycles. The van der Waals surface area contributed by atoms with Crippen molar-refractivity contribution >= 4 is 7.60 Å². The summed E-state index contributed by atoms with van der Waals surface area (Å²) in [5.74, 6) is 0. The molecule has 0 aliphatic rings. The predicted molar refractivity (Wildman–Crippen MR) is 29.3 cm³/mol. The summed E-state index contributed by atoms with van der Waals surface area (Å²) in [5, 5.41) is 0. The Hall–Kier alpha value is 0.150. The van der Waals surface area contributed by atoms with E-state index in [1.807, 2.05) is 13.8 Å². The normalized spacial score (nSPS) is 9.29. The zero-order chi connectivity index (χ0) is 6.50. The Morgan fingerprint density at radius 2 is 1.29 bits per heavy atom. The molecule has 0 aromatic heterocycles. The van der Waals surface area contributed by atoms with Crippen molar-refractivity contribution in [3.8, 4) is 0 Å². The minimum absolute atomic E-state index is 0.854. The van der Waals surface area contributed by atoms with Crippen LogP contribution in [0.15, 0.2) is 0 Å². The summed E-state index contributed by atoms with van der Waals surface area (Å²) in [7, 11) is -3.64. The summed E-state index contributed by atoms with van der Waals surface area (Å²) in [4.78, 5) is 15.3. The lowest BCUT2D eigenvalue weighted by Gasteiger charge is -1.84. The van der Waals surface area contributed by atoms with Crippen molar-refractivity contribution in [2.24, 2.45) is 0 Å². The molecule has 0 aromatic carbocycles. The average Bonchev–Trinajstić information content (AvgIpc) is 1.36. The molecule has 7 heavy (non-hydrogen) atoms. The quantitative estimate of drug-likeness (QED) is 0.472. The van der Waals surface area contributed by atoms with Crippen LogP contribution in [0.2, 0.25) is 0 Å². The first kappa shape index (κ1) is 10.2. The molecule has 0 bridgehead atoms. The van der Waals surface area contributed by atoms with E-state index in [0.29, 0.717) is 0 Å². The molecular weight excluding hydrogens is 115 g/mol. The van der Waals surface area contributed by atoms with Crippen LogP contribution in [0.5, 0.6) is 0 Å². The molecule has 2 N–H and O–H groups in total. The van der Waals surface area contributed by atoms with Crippen molar-refractivity contribution < 1.29 is 14.4 Å². The largest absolute Gasteiger partial charge is 0.325 e. The van der Waals surface area contributed by atoms with Crippen molar-refractivity contribution in [1.82, 2.24) is 0 Å². The molecule has 0 amide bonds. The van der Waals surface area contributed by atoms with Crippen molar-refractivity contribution in [2.75, 3.05) is 6.66 Å². The first-order valence-corrected chi connectivity index (χ1v) is 4.09. The van der Waals surface area contributed by atoms with Crippen LogP contribution in [-0.2, 0) is 4.57 Å². The zero-order valence-corrected chi connectivity index (χ0v) is 5.64. The molecule has 0 rings (SSSR count). The summed E-state index contributed by atoms with van der Waals surface area (Å²) in [5.41, 5.74) is 0. The van der Waals surface area contributed by atoms with E-state index >= 15 is 0 Å². The number of hydrogen-bond acceptors (Lipinski definition) is 1. The average molecular weight is 126 g/mol. The highest BCUT2D eigenvalue weighted by molar-refractivity contribution is 7.50. The van der Waals surface area contributed by atoms with Crippen molar-refractivity contribution in [3.63, 3.8) is 0 Å². The van der Waals surface area contributed by atoms with Crippen LogP contribution >= 0.6 is 7.60 Å². The van der Waals surface area contributed by atoms with E-state index in [2.05, 4.69) is 0 Å². The van der Waals surface area contributed by atoms with Gasteiger partial charge in [0, 0.05) is 6.66 Å². The van der Waals surface area contributed by atoms with Gasteiger partial charge in [0.05, 0.1) is 0 Å². The van der Waals surface area contributed by atoms with Crippen molar-refractivity contribution in [1.29, 1.82) is 0 Å². The molecule has 0 aromatic rings. The highest BCUT2D eigenvalue weighted by Gasteiger charge is 1.95. The van der Waals surface area contributed by atoms with Gasteiger partial charge in [-0.2, -0.15) is 0 Å². The molecule has 0 aliphatic carbocycles. The lowest BCUT2D eigenvalue weighted by atomic mass is 11.0. The molecule has 0 radical (unpaired) electrons. The highest BCUT2D eigenvalue weighted by atomic mass is 31.2. The fourth-order valence-electron chi connectivity index (χ4n) is 0. The van der Waals surface area contributed by atoms with Gasteiger partial charge in [0.1, 0.15) is 0 Å². The Balaban J connectivity index is 0. The van der Waals surface area contributed by atoms with Crippen molar-refractivity contribution in [2.45, 2.75) is 13.8 Å². The third-order valence-electron chi connectivity index (χ3n) is 0. The smallest absolute Gasteiger partial charge is 0.322 e. The maximum atomic E-state index is 9.33. The van der Waals surface area contributed by atoms with Gasteiger partial charge in [-0.3, -0.25) is 4.57 Å². The highest BCUT2D eigenvalue weighted by Crippen LogP contribution is 2.26. The Morgan fingerprint density at radius 3 is 1.29 bits per heavy atom. The summed E-state index contributed by atoms with van der Waals surface area (Å²) in [6, 6.07) is 0. The first-order valence-electron chi connectivity index (χ1n) is 2.03. The lowest BCUT2D eigenvalue weighted by Crippen LogP contribution is -1.64. The van der Waals surface area contributed by atoms with E-state index in [4.69, 9.17) is 9.79 Å². The summed E-state index contributed by atoms with van der Waals surface area (Å²) in [6.45, 7) is 4.85. The van der Waals surface area contributed by atoms with Gasteiger partial charge >= 0.3 is 7.60 Å². The fourth-order valence-corrected chi connectivity index (χ4v) is 0. The standard InChI is InChI=1S/C2H6.CH5O3P/c1-2;1-5(2,3)4/h1-2H3;1H3,(H2,2,3,4). The van der Waals surface area contributed by atoms with Crippen LogP contribution in [0.3, 0.4) is 0 Å². The maximum Gasteiger partial charge on any atom is 0.322 e. The molecule has 4 heteroatoms. The summed E-state index contributed by atoms with van der Waals surface area (Å²) < 4.78 is 9.33. The van der Waals surface area contributed by atoms with E-state index in [0.717, 1.165) is 6.66 Å². The SMILES string of the molecule is CC.CP(=O)(O)O. The second-order valence-corrected chi connectivity index (χ2v) is 2.51. The van der Waals surface area contributed by atoms with Gasteiger partial charge in [-0.15, -0.1) is 0 Å². The molecule has 0 aliphatic heterocycles. The van der Waals surface area contributed by atoms with Crippen LogP contribution in [0.1, 0.15) is 13.8 Å². The summed E-state index contributed by atoms with van der Waals surface area (Å²) >= 11 is 0. The van der Waals surface area contributed by atoms with Crippen LogP contribution in [0.25, 0.3) is 0 Å². The fraction of sp³-hybridized carbons (Fsp3) is 1.00. The second kappa shape index (κ2) is 4.31. The first-order chi connectivity index (χ1) is 3.00. The van der Waals surface area contributed by atoms with Crippen LogP contribution in [0, 0.1) is 0 Å². The van der Waals surface area contributed by atoms with Gasteiger partial charge in [0.2, 0.25) is 0 Å². The molecule has 0 saturated heterocycles. The second-order valence-electron chi connectivity index (χ2n) is 0.835. The molecule has 0 fully saturated rings. The van der Waals surface area contributed by atoms with Gasteiger partial charge < -0.3 is 9.79 Å². The topological polar surface area (TPSA) is 57.5 Å². The molecule has 0 spiro atoms. The minimum atomic E-state index is -3.64. The van der Waals surface area contributed by atoms with E-state index in [1.54, 1.807) is 0 Å². The van der Waals surface area contributed by atoms with E-state index in [-0.39, 0.29) is 0 Å². The Bertz CT molecular complexity index is 56.3. The van der Waals surface area contributed by atoms with Gasteiger partial charge in [-0.1, -0.05) is 13.8 Å². The minimum Gasteiger partial charge on any atom is -0.325 e. The molecular formula is C3H11O3P. The van der Waals surface area contributed by atoms with E-state index < -0.39 is 7.60 Å². The Kier molecular flexibility index (Phi) is 6.28. The van der Waals surface area contributed by atoms with Crippen LogP contribution in [-0.4, -0.2) is 16.5 Å². The maximum absolute atomic E-state index is 9.33. The number of hydrogen-bond donors (Lipinski definition) is 2. The van der Waals surface area contributed by atoms with Crippen molar-refractivity contribution in [3.05, 3.63) is 0 Å². The van der Waals surface area contributed by atoms with Gasteiger partial charge in [-0.25, -0.2) is 0 Å². The molecule has 46 valence electrons. The summed E-state index contributed by atoms with van der Waals surface area (Å²) in [6.07, 6.45) is 0. The predicted octanol–water partition coefficient (Wildman–Crippen LogP) is 0.820. The lowest BCUT2D eigenvalue weighted by molar-refractivity contribution is 0.381. The Labute approximate surface area is 43.5 Å². The Morgan fingerprint density at radius 1 is 1.29 bits per heavy atom. The van der Waals surface area contributed by atoms with Gasteiger partial charge in [0.15, 0.2) is 0 Å². The van der Waals surface area contributed by atoms with E-state index in [1.165, 1.54) is 0 Å². The molecule has 0 heterocycles. The van der Waals surface area contributed by atoms with E-state index in [9.17, 15) is 4.57 Å². The monoisotopic (exact) mass is 126 g/mol. The van der Waals surface area contributed by atoms with Gasteiger partial charge in [-0.05, 0) is 0 Å². The molecule has 0 atom stereocenters. The molecule has 0 unspecified atom stereocenters. The number of rotatable bonds is 0. The zero-order valence-electron chi connectivity index (χ0n) is 4.75. The van der Waals surface area contributed by atoms with Gasteiger partial charge in [0.25, 0.3) is 0 Å². The third-order valence-corrected chi connectivity index (χ3v) is 0.